The number of nitro groups is 2. The van der Waals surface area contributed by atoms with Crippen molar-refractivity contribution in [2.45, 2.75) is 51.7 Å². The summed E-state index contributed by atoms with van der Waals surface area (Å²) < 4.78 is 12.6. The van der Waals surface area contributed by atoms with E-state index in [1.807, 2.05) is 24.3 Å². The zero-order chi connectivity index (χ0) is 33.1. The van der Waals surface area contributed by atoms with Crippen molar-refractivity contribution in [1.82, 2.24) is 0 Å². The lowest BCUT2D eigenvalue weighted by molar-refractivity contribution is -0.385. The molecular weight excluding hydrogens is 647 g/mol. The smallest absolute Gasteiger partial charge is 0.399 e. The lowest BCUT2D eigenvalue weighted by Crippen LogP contribution is -2.41. The molecule has 0 aromatic heterocycles. The number of hydrogen-bond acceptors (Lipinski definition) is 6. The van der Waals surface area contributed by atoms with E-state index in [-0.39, 0.29) is 34.6 Å². The Bertz CT molecular complexity index is 1840. The molecule has 234 valence electrons. The third kappa shape index (κ3) is 7.20. The minimum absolute atomic E-state index is 0.0995. The van der Waals surface area contributed by atoms with E-state index in [1.54, 1.807) is 36.4 Å². The highest BCUT2D eigenvalue weighted by atomic mass is 79.9. The highest BCUT2D eigenvalue weighted by molar-refractivity contribution is 9.10. The predicted octanol–water partition coefficient (Wildman–Crippen LogP) is 8.74. The second-order valence-corrected chi connectivity index (χ2v) is 13.0. The number of rotatable bonds is 4. The first-order valence-corrected chi connectivity index (χ1v) is 15.7. The van der Waals surface area contributed by atoms with Crippen LogP contribution in [-0.4, -0.2) is 28.2 Å². The maximum atomic E-state index is 11.0. The molecule has 1 heterocycles. The fraction of sp³-hybridized carbons (Fsp3) is 0.222. The molecule has 10 heteroatoms. The quantitative estimate of drug-likeness (QED) is 0.121. The molecule has 0 saturated carbocycles. The van der Waals surface area contributed by atoms with Gasteiger partial charge >= 0.3 is 7.12 Å². The van der Waals surface area contributed by atoms with Gasteiger partial charge in [0.05, 0.1) is 31.1 Å². The van der Waals surface area contributed by atoms with Gasteiger partial charge in [-0.3, -0.25) is 20.2 Å². The van der Waals surface area contributed by atoms with Crippen molar-refractivity contribution in [1.29, 1.82) is 0 Å². The van der Waals surface area contributed by atoms with Crippen LogP contribution < -0.4 is 5.46 Å². The first-order chi connectivity index (χ1) is 21.9. The normalized spacial score (nSPS) is 16.1. The Morgan fingerprint density at radius 1 is 0.696 bits per heavy atom. The molecule has 2 aliphatic carbocycles. The van der Waals surface area contributed by atoms with Crippen LogP contribution in [-0.2, 0) is 22.2 Å². The van der Waals surface area contributed by atoms with Gasteiger partial charge in [-0.2, -0.15) is 0 Å². The molecule has 0 spiro atoms. The van der Waals surface area contributed by atoms with Crippen molar-refractivity contribution in [3.05, 3.63) is 144 Å². The average molecular weight is 681 g/mol. The fourth-order valence-electron chi connectivity index (χ4n) is 5.31. The topological polar surface area (TPSA) is 105 Å². The zero-order valence-corrected chi connectivity index (χ0v) is 27.7. The Balaban J connectivity index is 0.000000142. The van der Waals surface area contributed by atoms with Gasteiger partial charge in [0.25, 0.3) is 11.4 Å². The fourth-order valence-corrected chi connectivity index (χ4v) is 5.74. The largest absolute Gasteiger partial charge is 0.494 e. The number of nitrogens with zero attached hydrogens (tertiary/aromatic N) is 2. The van der Waals surface area contributed by atoms with Crippen LogP contribution in [0.4, 0.5) is 11.4 Å². The Labute approximate surface area is 277 Å². The molecule has 46 heavy (non-hydrogen) atoms. The number of halogens is 1. The number of allylic oxidation sites excluding steroid dienone is 2. The summed E-state index contributed by atoms with van der Waals surface area (Å²) in [5.41, 5.74) is 7.54. The summed E-state index contributed by atoms with van der Waals surface area (Å²) in [7, 11) is -0.249. The molecule has 3 aliphatic rings. The summed E-state index contributed by atoms with van der Waals surface area (Å²) in [5, 5.41) is 21.2. The van der Waals surface area contributed by atoms with Crippen LogP contribution >= 0.6 is 15.9 Å². The van der Waals surface area contributed by atoms with Crippen LogP contribution in [0.3, 0.4) is 0 Å². The Morgan fingerprint density at radius 3 is 1.78 bits per heavy atom. The second kappa shape index (κ2) is 13.5. The van der Waals surface area contributed by atoms with Crippen molar-refractivity contribution < 1.29 is 19.2 Å². The van der Waals surface area contributed by atoms with Gasteiger partial charge in [0.2, 0.25) is 0 Å². The van der Waals surface area contributed by atoms with Crippen LogP contribution in [0.5, 0.6) is 0 Å². The molecule has 7 rings (SSSR count). The van der Waals surface area contributed by atoms with Gasteiger partial charge in [-0.25, -0.2) is 0 Å². The van der Waals surface area contributed by atoms with Gasteiger partial charge in [0.1, 0.15) is 0 Å². The van der Waals surface area contributed by atoms with Gasteiger partial charge in [-0.05, 0) is 108 Å². The van der Waals surface area contributed by atoms with E-state index in [9.17, 15) is 20.2 Å². The molecule has 1 fully saturated rings. The van der Waals surface area contributed by atoms with Crippen molar-refractivity contribution in [2.24, 2.45) is 0 Å². The number of fused-ring (bicyclic) bond motifs is 2. The Kier molecular flexibility index (Phi) is 9.72. The van der Waals surface area contributed by atoms with E-state index in [2.05, 4.69) is 86.1 Å². The van der Waals surface area contributed by atoms with E-state index in [0.717, 1.165) is 23.9 Å². The standard InChI is InChI=1S/C15H19BO2.C15H11NO2.C6H4BrNO2/c1-14(2)15(3,4)18-16(17-14)13-9-8-11-6-5-7-12(11)10-13;17-16(18)15-7-2-1-6-14(15)13-9-8-11-4-3-5-12(11)10-13;7-5-3-1-2-4-6(5)8(9)10/h5-6,8-10H,7H2,1-4H3;1-4,6-10H,5H2;1-4H. The van der Waals surface area contributed by atoms with E-state index in [0.29, 0.717) is 10.0 Å². The summed E-state index contributed by atoms with van der Waals surface area (Å²) in [4.78, 5) is 20.5. The van der Waals surface area contributed by atoms with Crippen LogP contribution in [0.2, 0.25) is 0 Å². The van der Waals surface area contributed by atoms with E-state index < -0.39 is 4.92 Å². The summed E-state index contributed by atoms with van der Waals surface area (Å²) >= 11 is 3.06. The van der Waals surface area contributed by atoms with Crippen LogP contribution in [0.25, 0.3) is 23.3 Å². The average Bonchev–Trinajstić information content (AvgIpc) is 3.74. The second-order valence-electron chi connectivity index (χ2n) is 12.2. The molecule has 8 nitrogen and oxygen atoms in total. The minimum atomic E-state index is -0.427. The molecule has 0 amide bonds. The molecule has 1 saturated heterocycles. The summed E-state index contributed by atoms with van der Waals surface area (Å²) in [6.07, 6.45) is 10.5. The predicted molar refractivity (Wildman–Crippen MR) is 187 cm³/mol. The third-order valence-corrected chi connectivity index (χ3v) is 9.24. The first kappa shape index (κ1) is 33.0. The lowest BCUT2D eigenvalue weighted by Gasteiger charge is -2.32. The van der Waals surface area contributed by atoms with Crippen LogP contribution in [0, 0.1) is 20.2 Å². The van der Waals surface area contributed by atoms with Crippen LogP contribution in [0.1, 0.15) is 49.9 Å². The highest BCUT2D eigenvalue weighted by Gasteiger charge is 2.51. The van der Waals surface area contributed by atoms with Gasteiger partial charge in [0, 0.05) is 12.1 Å². The van der Waals surface area contributed by atoms with Gasteiger partial charge in [0.15, 0.2) is 0 Å². The Morgan fingerprint density at radius 2 is 1.22 bits per heavy atom. The lowest BCUT2D eigenvalue weighted by atomic mass is 9.78. The number of hydrogen-bond donors (Lipinski definition) is 0. The summed E-state index contributed by atoms with van der Waals surface area (Å²) in [5.74, 6) is 0. The number of benzene rings is 4. The molecule has 0 N–H and O–H groups in total. The van der Waals surface area contributed by atoms with E-state index >= 15 is 0 Å². The van der Waals surface area contributed by atoms with E-state index in [1.165, 1.54) is 28.3 Å². The summed E-state index contributed by atoms with van der Waals surface area (Å²) in [6, 6.07) is 25.8. The molecule has 4 aromatic rings. The van der Waals surface area contributed by atoms with Crippen LogP contribution in [0.15, 0.2) is 102 Å². The highest BCUT2D eigenvalue weighted by Crippen LogP contribution is 2.37. The monoisotopic (exact) mass is 680 g/mol. The molecule has 0 atom stereocenters. The zero-order valence-electron chi connectivity index (χ0n) is 26.1. The molecular formula is C36H34BBrN2O6. The maximum absolute atomic E-state index is 11.0. The minimum Gasteiger partial charge on any atom is -0.399 e. The van der Waals surface area contributed by atoms with Gasteiger partial charge in [-0.1, -0.05) is 78.9 Å². The summed E-state index contributed by atoms with van der Waals surface area (Å²) in [6.45, 7) is 8.34. The van der Waals surface area contributed by atoms with E-state index in [4.69, 9.17) is 9.31 Å². The molecule has 0 bridgehead atoms. The molecule has 4 aromatic carbocycles. The third-order valence-electron chi connectivity index (χ3n) is 8.57. The number of para-hydroxylation sites is 2. The van der Waals surface area contributed by atoms with Gasteiger partial charge < -0.3 is 9.31 Å². The molecule has 0 radical (unpaired) electrons. The molecule has 1 aliphatic heterocycles. The number of nitro benzene ring substituents is 2. The molecule has 0 unspecified atom stereocenters. The van der Waals surface area contributed by atoms with Crippen molar-refractivity contribution in [3.63, 3.8) is 0 Å². The van der Waals surface area contributed by atoms with Crippen molar-refractivity contribution >= 4 is 52.0 Å². The Hall–Kier alpha value is -4.38. The van der Waals surface area contributed by atoms with Crippen molar-refractivity contribution in [3.8, 4) is 11.1 Å². The van der Waals surface area contributed by atoms with Crippen molar-refractivity contribution in [2.75, 3.05) is 0 Å². The first-order valence-electron chi connectivity index (χ1n) is 14.9. The van der Waals surface area contributed by atoms with Gasteiger partial charge in [-0.15, -0.1) is 0 Å². The maximum Gasteiger partial charge on any atom is 0.494 e. The SMILES string of the molecule is CC1(C)OB(c2ccc3c(c2)CC=C3)OC1(C)C.O=[N+]([O-])c1ccccc1-c1ccc2c(c1)CC=C2.O=[N+]([O-])c1ccccc1Br.